The molecule has 0 aromatic heterocycles. The van der Waals surface area contributed by atoms with Gasteiger partial charge in [-0.05, 0) is 48.9 Å². The molecule has 1 aromatic rings. The summed E-state index contributed by atoms with van der Waals surface area (Å²) in [6.45, 7) is -0.766. The van der Waals surface area contributed by atoms with Crippen molar-refractivity contribution in [1.29, 1.82) is 0 Å². The van der Waals surface area contributed by atoms with E-state index in [1.165, 1.54) is 5.56 Å². The number of fused-ring (bicyclic) bond motifs is 1. The molecule has 0 bridgehead atoms. The van der Waals surface area contributed by atoms with E-state index < -0.39 is 30.7 Å². The minimum atomic E-state index is -4.71. The number of amides is 1. The van der Waals surface area contributed by atoms with Gasteiger partial charge in [-0.2, -0.15) is 13.2 Å². The Kier molecular flexibility index (Phi) is 3.67. The normalized spacial score (nSPS) is 25.2. The van der Waals surface area contributed by atoms with Crippen LogP contribution in [0.1, 0.15) is 40.7 Å². The molecule has 1 aliphatic heterocycles. The molecule has 0 radical (unpaired) electrons. The van der Waals surface area contributed by atoms with Gasteiger partial charge < -0.3 is 10.0 Å². The van der Waals surface area contributed by atoms with Crippen LogP contribution in [0.15, 0.2) is 18.2 Å². The van der Waals surface area contributed by atoms with Crippen LogP contribution >= 0.6 is 0 Å². The molecule has 1 heterocycles. The van der Waals surface area contributed by atoms with Crippen molar-refractivity contribution in [1.82, 2.24) is 4.90 Å². The van der Waals surface area contributed by atoms with Crippen molar-refractivity contribution in [2.45, 2.75) is 43.9 Å². The molecule has 2 aliphatic rings. The Bertz CT molecular complexity index is 600. The summed E-state index contributed by atoms with van der Waals surface area (Å²) in [6.07, 6.45) is -1.08. The van der Waals surface area contributed by atoms with Crippen LogP contribution in [0.25, 0.3) is 0 Å². The van der Waals surface area contributed by atoms with Crippen molar-refractivity contribution in [2.75, 3.05) is 13.1 Å². The Morgan fingerprint density at radius 1 is 1.18 bits per heavy atom. The molecule has 0 spiro atoms. The molecule has 6 heteroatoms. The van der Waals surface area contributed by atoms with Gasteiger partial charge >= 0.3 is 6.18 Å². The monoisotopic (exact) mass is 313 g/mol. The molecule has 120 valence electrons. The molecule has 1 amide bonds. The molecule has 1 N–H and O–H groups in total. The SMILES string of the molecule is O=C(c1ccc2c(c1)CCCC2)N1CCC(O)(C(F)(F)F)C1. The summed E-state index contributed by atoms with van der Waals surface area (Å²) in [5, 5.41) is 9.67. The quantitative estimate of drug-likeness (QED) is 0.866. The fourth-order valence-corrected chi connectivity index (χ4v) is 3.25. The summed E-state index contributed by atoms with van der Waals surface area (Å²) in [5.41, 5.74) is -0.0397. The van der Waals surface area contributed by atoms with Crippen LogP contribution in [0.4, 0.5) is 13.2 Å². The van der Waals surface area contributed by atoms with Crippen molar-refractivity contribution >= 4 is 5.91 Å². The van der Waals surface area contributed by atoms with E-state index in [1.54, 1.807) is 12.1 Å². The van der Waals surface area contributed by atoms with Crippen molar-refractivity contribution in [3.05, 3.63) is 34.9 Å². The van der Waals surface area contributed by atoms with E-state index in [-0.39, 0.29) is 6.54 Å². The topological polar surface area (TPSA) is 40.5 Å². The maximum absolute atomic E-state index is 12.8. The van der Waals surface area contributed by atoms with Crippen LogP contribution in [0.3, 0.4) is 0 Å². The Labute approximate surface area is 126 Å². The number of likely N-dealkylation sites (tertiary alicyclic amines) is 1. The van der Waals surface area contributed by atoms with E-state index >= 15 is 0 Å². The third-order valence-electron chi connectivity index (χ3n) is 4.66. The lowest BCUT2D eigenvalue weighted by molar-refractivity contribution is -0.253. The number of alkyl halides is 3. The lowest BCUT2D eigenvalue weighted by Gasteiger charge is -2.26. The Morgan fingerprint density at radius 3 is 2.50 bits per heavy atom. The van der Waals surface area contributed by atoms with Gasteiger partial charge in [-0.15, -0.1) is 0 Å². The standard InChI is InChI=1S/C16H18F3NO2/c17-16(18,19)15(22)7-8-20(10-15)14(21)13-6-5-11-3-1-2-4-12(11)9-13/h5-6,9,22H,1-4,7-8,10H2. The second kappa shape index (κ2) is 5.26. The van der Waals surface area contributed by atoms with E-state index in [9.17, 15) is 23.1 Å². The van der Waals surface area contributed by atoms with E-state index in [4.69, 9.17) is 0 Å². The van der Waals surface area contributed by atoms with Crippen LogP contribution < -0.4 is 0 Å². The molecule has 1 saturated heterocycles. The Hall–Kier alpha value is -1.56. The zero-order valence-corrected chi connectivity index (χ0v) is 12.1. The van der Waals surface area contributed by atoms with E-state index in [2.05, 4.69) is 0 Å². The molecule has 1 aromatic carbocycles. The first kappa shape index (κ1) is 15.3. The van der Waals surface area contributed by atoms with Gasteiger partial charge in [0.25, 0.3) is 5.91 Å². The highest BCUT2D eigenvalue weighted by atomic mass is 19.4. The van der Waals surface area contributed by atoms with Crippen molar-refractivity contribution in [2.24, 2.45) is 0 Å². The second-order valence-electron chi connectivity index (χ2n) is 6.20. The molecule has 1 atom stereocenters. The highest BCUT2D eigenvalue weighted by Gasteiger charge is 2.57. The molecule has 0 saturated carbocycles. The van der Waals surface area contributed by atoms with Crippen molar-refractivity contribution < 1.29 is 23.1 Å². The summed E-state index contributed by atoms with van der Waals surface area (Å²) in [4.78, 5) is 13.5. The Balaban J connectivity index is 1.78. The first-order chi connectivity index (χ1) is 10.3. The van der Waals surface area contributed by atoms with Gasteiger partial charge in [0.15, 0.2) is 5.60 Å². The van der Waals surface area contributed by atoms with Gasteiger partial charge in [-0.3, -0.25) is 4.79 Å². The van der Waals surface area contributed by atoms with Gasteiger partial charge in [0.2, 0.25) is 0 Å². The molecule has 3 nitrogen and oxygen atoms in total. The number of aliphatic hydroxyl groups is 1. The predicted octanol–water partition coefficient (Wildman–Crippen LogP) is 2.70. The number of hydrogen-bond acceptors (Lipinski definition) is 2. The second-order valence-corrected chi connectivity index (χ2v) is 6.20. The van der Waals surface area contributed by atoms with E-state index in [1.807, 2.05) is 6.07 Å². The van der Waals surface area contributed by atoms with Crippen LogP contribution in [0, 0.1) is 0 Å². The molecule has 22 heavy (non-hydrogen) atoms. The molecule has 1 fully saturated rings. The number of carbonyl (C=O) groups is 1. The number of aryl methyl sites for hydroxylation is 2. The lowest BCUT2D eigenvalue weighted by atomic mass is 9.90. The summed E-state index contributed by atoms with van der Waals surface area (Å²) in [6, 6.07) is 5.37. The predicted molar refractivity (Wildman–Crippen MR) is 74.6 cm³/mol. The fourth-order valence-electron chi connectivity index (χ4n) is 3.25. The zero-order chi connectivity index (χ0) is 16.0. The number of hydrogen-bond donors (Lipinski definition) is 1. The van der Waals surface area contributed by atoms with Crippen LogP contribution in [0.5, 0.6) is 0 Å². The van der Waals surface area contributed by atoms with Crippen LogP contribution in [-0.4, -0.2) is 40.8 Å². The minimum Gasteiger partial charge on any atom is -0.379 e. The van der Waals surface area contributed by atoms with Gasteiger partial charge in [0.05, 0.1) is 6.54 Å². The fraction of sp³-hybridized carbons (Fsp3) is 0.562. The first-order valence-corrected chi connectivity index (χ1v) is 7.50. The lowest BCUT2D eigenvalue weighted by Crippen LogP contribution is -2.48. The maximum atomic E-state index is 12.8. The number of carbonyl (C=O) groups excluding carboxylic acids is 1. The van der Waals surface area contributed by atoms with Crippen molar-refractivity contribution in [3.63, 3.8) is 0 Å². The summed E-state index contributed by atoms with van der Waals surface area (Å²) < 4.78 is 38.5. The number of rotatable bonds is 1. The molecule has 1 aliphatic carbocycles. The van der Waals surface area contributed by atoms with Gasteiger partial charge in [0, 0.05) is 18.5 Å². The van der Waals surface area contributed by atoms with Gasteiger partial charge in [0.1, 0.15) is 0 Å². The van der Waals surface area contributed by atoms with E-state index in [0.29, 0.717) is 5.56 Å². The number of nitrogens with zero attached hydrogens (tertiary/aromatic N) is 1. The van der Waals surface area contributed by atoms with Gasteiger partial charge in [-0.25, -0.2) is 0 Å². The number of β-amino-alcohol motifs (C(OH)–C–C–N with tert-alkyl or cyclic N) is 1. The highest BCUT2D eigenvalue weighted by Crippen LogP contribution is 2.38. The molecule has 3 rings (SSSR count). The molecular formula is C16H18F3NO2. The minimum absolute atomic E-state index is 0.0775. The molecular weight excluding hydrogens is 295 g/mol. The zero-order valence-electron chi connectivity index (χ0n) is 12.1. The van der Waals surface area contributed by atoms with Crippen LogP contribution in [-0.2, 0) is 12.8 Å². The van der Waals surface area contributed by atoms with Crippen LogP contribution in [0.2, 0.25) is 0 Å². The number of benzene rings is 1. The smallest absolute Gasteiger partial charge is 0.379 e. The molecule has 1 unspecified atom stereocenters. The summed E-state index contributed by atoms with van der Waals surface area (Å²) in [7, 11) is 0. The average molecular weight is 313 g/mol. The largest absolute Gasteiger partial charge is 0.419 e. The van der Waals surface area contributed by atoms with E-state index in [0.717, 1.165) is 36.1 Å². The third kappa shape index (κ3) is 2.60. The maximum Gasteiger partial charge on any atom is 0.419 e. The van der Waals surface area contributed by atoms with Crippen molar-refractivity contribution in [3.8, 4) is 0 Å². The number of halogens is 3. The summed E-state index contributed by atoms with van der Waals surface area (Å²) in [5.74, 6) is -0.437. The summed E-state index contributed by atoms with van der Waals surface area (Å²) >= 11 is 0. The van der Waals surface area contributed by atoms with Gasteiger partial charge in [-0.1, -0.05) is 6.07 Å². The Morgan fingerprint density at radius 2 is 1.86 bits per heavy atom. The first-order valence-electron chi connectivity index (χ1n) is 7.50. The third-order valence-corrected chi connectivity index (χ3v) is 4.66. The highest BCUT2D eigenvalue weighted by molar-refractivity contribution is 5.94. The average Bonchev–Trinajstić information content (AvgIpc) is 2.89.